The second-order valence-electron chi connectivity index (χ2n) is 9.71. The largest absolute Gasteiger partial charge is 0.481 e. The van der Waals surface area contributed by atoms with Crippen LogP contribution in [0, 0.1) is 11.0 Å². The van der Waals surface area contributed by atoms with Crippen molar-refractivity contribution in [3.05, 3.63) is 83.1 Å². The molecule has 0 spiro atoms. The van der Waals surface area contributed by atoms with Crippen molar-refractivity contribution in [1.82, 2.24) is 9.97 Å². The number of thiazole rings is 1. The topological polar surface area (TPSA) is 104 Å². The number of fused-ring (bicyclic) bond motifs is 1. The van der Waals surface area contributed by atoms with Crippen molar-refractivity contribution >= 4 is 40.1 Å². The van der Waals surface area contributed by atoms with Crippen LogP contribution in [0.3, 0.4) is 0 Å². The number of rotatable bonds is 8. The number of nitrogens with zero attached hydrogens (tertiary/aromatic N) is 4. The maximum atomic E-state index is 15.4. The summed E-state index contributed by atoms with van der Waals surface area (Å²) in [6, 6.07) is 18.4. The van der Waals surface area contributed by atoms with E-state index in [-0.39, 0.29) is 29.6 Å². The zero-order chi connectivity index (χ0) is 28.4. The fraction of sp³-hybridized carbons (Fsp3) is 0.233. The molecule has 10 heteroatoms. The highest BCUT2D eigenvalue weighted by Gasteiger charge is 2.29. The molecule has 5 rings (SSSR count). The zero-order valence-electron chi connectivity index (χ0n) is 22.0. The number of carboxylic acid groups (broad SMARTS) is 1. The maximum Gasteiger partial charge on any atom is 0.304 e. The average Bonchev–Trinajstić information content (AvgIpc) is 3.35. The normalized spacial score (nSPS) is 13.6. The molecule has 1 atom stereocenters. The number of anilines is 2. The SMILES string of the molecule is CN(C(=O)[C@@H](CC(=O)O)Cc1ccccc1)c1nc(-c2ccccc2-c2cnc3c(c2)CCC(=O)N3C)c(F)s1. The van der Waals surface area contributed by atoms with Gasteiger partial charge in [-0.25, -0.2) is 9.97 Å². The van der Waals surface area contributed by atoms with E-state index in [0.29, 0.717) is 24.2 Å². The third-order valence-electron chi connectivity index (χ3n) is 7.02. The summed E-state index contributed by atoms with van der Waals surface area (Å²) in [5.41, 5.74) is 3.89. The molecule has 2 amide bonds. The molecule has 0 saturated heterocycles. The Hall–Kier alpha value is -4.44. The van der Waals surface area contributed by atoms with Gasteiger partial charge in [0.1, 0.15) is 11.5 Å². The third-order valence-corrected chi connectivity index (χ3v) is 7.94. The first-order valence-electron chi connectivity index (χ1n) is 12.8. The second kappa shape index (κ2) is 11.4. The fourth-order valence-corrected chi connectivity index (χ4v) is 5.71. The molecule has 0 radical (unpaired) electrons. The third kappa shape index (κ3) is 5.48. The van der Waals surface area contributed by atoms with E-state index >= 15 is 4.39 Å². The van der Waals surface area contributed by atoms with Crippen molar-refractivity contribution < 1.29 is 23.9 Å². The van der Waals surface area contributed by atoms with Crippen molar-refractivity contribution in [2.45, 2.75) is 25.7 Å². The van der Waals surface area contributed by atoms with Crippen LogP contribution >= 0.6 is 11.3 Å². The Balaban J connectivity index is 1.45. The van der Waals surface area contributed by atoms with Gasteiger partial charge in [-0.05, 0) is 35.6 Å². The van der Waals surface area contributed by atoms with Crippen LogP contribution in [0.5, 0.6) is 0 Å². The Labute approximate surface area is 234 Å². The van der Waals surface area contributed by atoms with Gasteiger partial charge in [-0.3, -0.25) is 24.2 Å². The van der Waals surface area contributed by atoms with Gasteiger partial charge in [0.05, 0.1) is 12.3 Å². The number of hydrogen-bond acceptors (Lipinski definition) is 6. The molecule has 1 aliphatic rings. The van der Waals surface area contributed by atoms with Crippen molar-refractivity contribution in [3.8, 4) is 22.4 Å². The Kier molecular flexibility index (Phi) is 7.70. The Morgan fingerprint density at radius 1 is 1.10 bits per heavy atom. The number of aliphatic carboxylic acids is 1. The maximum absolute atomic E-state index is 15.4. The van der Waals surface area contributed by atoms with Gasteiger partial charge in [0.15, 0.2) is 5.13 Å². The molecule has 1 aliphatic heterocycles. The first-order chi connectivity index (χ1) is 19.2. The number of amides is 2. The predicted molar refractivity (Wildman–Crippen MR) is 152 cm³/mol. The summed E-state index contributed by atoms with van der Waals surface area (Å²) in [5, 5.41) is 9.01. The van der Waals surface area contributed by atoms with Gasteiger partial charge in [0.2, 0.25) is 16.9 Å². The smallest absolute Gasteiger partial charge is 0.304 e. The van der Waals surface area contributed by atoms with E-state index in [1.807, 2.05) is 48.5 Å². The van der Waals surface area contributed by atoms with Crippen LogP contribution in [-0.2, 0) is 27.2 Å². The van der Waals surface area contributed by atoms with Gasteiger partial charge in [-0.1, -0.05) is 65.9 Å². The summed E-state index contributed by atoms with van der Waals surface area (Å²) in [6.07, 6.45) is 2.52. The predicted octanol–water partition coefficient (Wildman–Crippen LogP) is 5.22. The molecule has 0 saturated carbocycles. The van der Waals surface area contributed by atoms with Gasteiger partial charge in [-0.2, -0.15) is 4.39 Å². The summed E-state index contributed by atoms with van der Waals surface area (Å²) in [5.74, 6) is -1.74. The number of hydrogen-bond donors (Lipinski definition) is 1. The van der Waals surface area contributed by atoms with Crippen molar-refractivity contribution in [2.24, 2.45) is 5.92 Å². The Bertz CT molecular complexity index is 1590. The number of carbonyl (C=O) groups is 3. The summed E-state index contributed by atoms with van der Waals surface area (Å²) >= 11 is 0.736. The average molecular weight is 559 g/mol. The number of aromatic nitrogens is 2. The highest BCUT2D eigenvalue weighted by molar-refractivity contribution is 7.14. The number of halogens is 1. The minimum absolute atomic E-state index is 0.0123. The summed E-state index contributed by atoms with van der Waals surface area (Å²) in [7, 11) is 3.19. The van der Waals surface area contributed by atoms with Crippen molar-refractivity contribution in [3.63, 3.8) is 0 Å². The minimum Gasteiger partial charge on any atom is -0.481 e. The van der Waals surface area contributed by atoms with Crippen LogP contribution < -0.4 is 9.80 Å². The van der Waals surface area contributed by atoms with Crippen LogP contribution in [0.1, 0.15) is 24.0 Å². The van der Waals surface area contributed by atoms with E-state index in [2.05, 4.69) is 9.97 Å². The number of carbonyl (C=O) groups excluding carboxylic acids is 2. The van der Waals surface area contributed by atoms with Gasteiger partial charge in [-0.15, -0.1) is 0 Å². The van der Waals surface area contributed by atoms with E-state index in [0.717, 1.165) is 33.6 Å². The van der Waals surface area contributed by atoms with Crippen LogP contribution in [0.25, 0.3) is 22.4 Å². The number of carboxylic acids is 1. The van der Waals surface area contributed by atoms with Crippen molar-refractivity contribution in [2.75, 3.05) is 23.9 Å². The lowest BCUT2D eigenvalue weighted by atomic mass is 9.95. The standard InChI is InChI=1S/C30H27FN4O4S/c1-34-24(36)13-12-19-15-21(17-32-28(19)34)22-10-6-7-11-23(22)26-27(31)40-30(33-26)35(2)29(39)20(16-25(37)38)14-18-8-4-3-5-9-18/h3-11,15,17,20H,12-14,16H2,1-2H3,(H,37,38)/t20-/m1/s1. The quantitative estimate of drug-likeness (QED) is 0.318. The lowest BCUT2D eigenvalue weighted by Gasteiger charge is -2.25. The highest BCUT2D eigenvalue weighted by atomic mass is 32.1. The monoisotopic (exact) mass is 558 g/mol. The molecule has 4 aromatic rings. The molecule has 8 nitrogen and oxygen atoms in total. The number of aryl methyl sites for hydroxylation is 1. The first-order valence-corrected chi connectivity index (χ1v) is 13.6. The van der Waals surface area contributed by atoms with E-state index in [9.17, 15) is 19.5 Å². The summed E-state index contributed by atoms with van der Waals surface area (Å²) < 4.78 is 15.4. The van der Waals surface area contributed by atoms with Crippen LogP contribution in [0.15, 0.2) is 66.9 Å². The lowest BCUT2D eigenvalue weighted by Crippen LogP contribution is -2.35. The van der Waals surface area contributed by atoms with E-state index in [1.54, 1.807) is 30.3 Å². The molecular formula is C30H27FN4O4S. The summed E-state index contributed by atoms with van der Waals surface area (Å²) in [4.78, 5) is 48.8. The Morgan fingerprint density at radius 2 is 1.80 bits per heavy atom. The molecule has 0 aliphatic carbocycles. The van der Waals surface area contributed by atoms with Crippen LogP contribution in [0.2, 0.25) is 0 Å². The van der Waals surface area contributed by atoms with E-state index in [1.165, 1.54) is 11.9 Å². The van der Waals surface area contributed by atoms with Gasteiger partial charge >= 0.3 is 5.97 Å². The molecule has 0 unspecified atom stereocenters. The lowest BCUT2D eigenvalue weighted by molar-refractivity contribution is -0.140. The molecule has 0 fully saturated rings. The molecule has 2 aromatic carbocycles. The fourth-order valence-electron chi connectivity index (χ4n) is 4.93. The molecule has 40 heavy (non-hydrogen) atoms. The van der Waals surface area contributed by atoms with Crippen LogP contribution in [-0.4, -0.2) is 47.0 Å². The van der Waals surface area contributed by atoms with Gasteiger partial charge in [0.25, 0.3) is 0 Å². The van der Waals surface area contributed by atoms with Gasteiger partial charge < -0.3 is 5.11 Å². The van der Waals surface area contributed by atoms with Crippen molar-refractivity contribution in [1.29, 1.82) is 0 Å². The molecule has 0 bridgehead atoms. The highest BCUT2D eigenvalue weighted by Crippen LogP contribution is 2.38. The molecule has 3 heterocycles. The first kappa shape index (κ1) is 27.1. The Morgan fingerprint density at radius 3 is 2.52 bits per heavy atom. The molecule has 204 valence electrons. The molecule has 1 N–H and O–H groups in total. The molecule has 2 aromatic heterocycles. The van der Waals surface area contributed by atoms with E-state index in [4.69, 9.17) is 0 Å². The minimum atomic E-state index is -1.09. The number of pyridine rings is 1. The van der Waals surface area contributed by atoms with E-state index < -0.39 is 22.9 Å². The zero-order valence-corrected chi connectivity index (χ0v) is 22.8. The second-order valence-corrected chi connectivity index (χ2v) is 10.6. The van der Waals surface area contributed by atoms with Gasteiger partial charge in [0, 0.05) is 37.8 Å². The number of benzene rings is 2. The summed E-state index contributed by atoms with van der Waals surface area (Å²) in [6.45, 7) is 0. The van der Waals surface area contributed by atoms with Crippen LogP contribution in [0.4, 0.5) is 15.3 Å². The molecular weight excluding hydrogens is 531 g/mol.